The van der Waals surface area contributed by atoms with Crippen molar-refractivity contribution in [3.8, 4) is 0 Å². The SMILES string of the molecule is CC[C@@H](C)Nc1cc(N2CC[C@@H](NC)C2)nc(N)n1. The Bertz CT molecular complexity index is 422. The van der Waals surface area contributed by atoms with Crippen molar-refractivity contribution < 1.29 is 0 Å². The monoisotopic (exact) mass is 264 g/mol. The normalized spacial score (nSPS) is 20.6. The Balaban J connectivity index is 2.12. The molecule has 2 atom stereocenters. The van der Waals surface area contributed by atoms with Crippen LogP contribution in [0.1, 0.15) is 26.7 Å². The first-order valence-corrected chi connectivity index (χ1v) is 6.95. The number of nitrogens with two attached hydrogens (primary N) is 1. The quantitative estimate of drug-likeness (QED) is 0.738. The number of likely N-dealkylation sites (N-methyl/N-ethyl adjacent to an activating group) is 1. The van der Waals surface area contributed by atoms with Crippen molar-refractivity contribution in [2.75, 3.05) is 36.1 Å². The van der Waals surface area contributed by atoms with Crippen LogP contribution in [0.15, 0.2) is 6.07 Å². The van der Waals surface area contributed by atoms with Crippen molar-refractivity contribution in [1.82, 2.24) is 15.3 Å². The van der Waals surface area contributed by atoms with Gasteiger partial charge < -0.3 is 21.3 Å². The second-order valence-corrected chi connectivity index (χ2v) is 5.14. The number of anilines is 3. The van der Waals surface area contributed by atoms with Crippen LogP contribution in [-0.2, 0) is 0 Å². The van der Waals surface area contributed by atoms with Crippen LogP contribution in [0, 0.1) is 0 Å². The summed E-state index contributed by atoms with van der Waals surface area (Å²) >= 11 is 0. The zero-order valence-corrected chi connectivity index (χ0v) is 12.0. The minimum Gasteiger partial charge on any atom is -0.368 e. The largest absolute Gasteiger partial charge is 0.368 e. The van der Waals surface area contributed by atoms with E-state index in [2.05, 4.69) is 39.3 Å². The Morgan fingerprint density at radius 2 is 2.32 bits per heavy atom. The predicted octanol–water partition coefficient (Wildman–Crippen LogP) is 1.07. The number of hydrogen-bond donors (Lipinski definition) is 3. The molecule has 0 aromatic carbocycles. The van der Waals surface area contributed by atoms with E-state index in [-0.39, 0.29) is 0 Å². The van der Waals surface area contributed by atoms with E-state index in [0.717, 1.165) is 37.6 Å². The van der Waals surface area contributed by atoms with Gasteiger partial charge in [-0.05, 0) is 26.8 Å². The summed E-state index contributed by atoms with van der Waals surface area (Å²) in [5, 5.41) is 6.65. The van der Waals surface area contributed by atoms with Crippen LogP contribution in [0.5, 0.6) is 0 Å². The molecular weight excluding hydrogens is 240 g/mol. The number of hydrogen-bond acceptors (Lipinski definition) is 6. The summed E-state index contributed by atoms with van der Waals surface area (Å²) in [6.45, 7) is 6.24. The molecule has 1 saturated heterocycles. The van der Waals surface area contributed by atoms with Gasteiger partial charge in [0, 0.05) is 31.2 Å². The van der Waals surface area contributed by atoms with Gasteiger partial charge in [0.05, 0.1) is 0 Å². The molecule has 1 aliphatic rings. The van der Waals surface area contributed by atoms with Crippen LogP contribution >= 0.6 is 0 Å². The van der Waals surface area contributed by atoms with Gasteiger partial charge in [-0.2, -0.15) is 9.97 Å². The molecule has 6 heteroatoms. The summed E-state index contributed by atoms with van der Waals surface area (Å²) in [6, 6.07) is 2.90. The first-order valence-electron chi connectivity index (χ1n) is 6.95. The molecule has 1 aromatic rings. The molecule has 1 fully saturated rings. The molecular formula is C13H24N6. The molecule has 19 heavy (non-hydrogen) atoms. The smallest absolute Gasteiger partial charge is 0.223 e. The van der Waals surface area contributed by atoms with Crippen LogP contribution in [0.25, 0.3) is 0 Å². The Morgan fingerprint density at radius 3 is 2.95 bits per heavy atom. The molecule has 0 bridgehead atoms. The lowest BCUT2D eigenvalue weighted by molar-refractivity contribution is 0.616. The van der Waals surface area contributed by atoms with Crippen LogP contribution in [0.4, 0.5) is 17.6 Å². The fraction of sp³-hybridized carbons (Fsp3) is 0.692. The van der Waals surface area contributed by atoms with Crippen molar-refractivity contribution in [2.24, 2.45) is 0 Å². The summed E-state index contributed by atoms with van der Waals surface area (Å²) in [5.74, 6) is 2.05. The lowest BCUT2D eigenvalue weighted by Gasteiger charge is -2.19. The van der Waals surface area contributed by atoms with Gasteiger partial charge in [0.15, 0.2) is 0 Å². The highest BCUT2D eigenvalue weighted by molar-refractivity contribution is 5.53. The van der Waals surface area contributed by atoms with Gasteiger partial charge in [0.2, 0.25) is 5.95 Å². The molecule has 0 amide bonds. The van der Waals surface area contributed by atoms with Gasteiger partial charge in [-0.1, -0.05) is 6.92 Å². The number of nitrogens with zero attached hydrogens (tertiary/aromatic N) is 3. The van der Waals surface area contributed by atoms with Crippen LogP contribution in [0.2, 0.25) is 0 Å². The van der Waals surface area contributed by atoms with E-state index in [4.69, 9.17) is 5.73 Å². The first-order chi connectivity index (χ1) is 9.12. The summed E-state index contributed by atoms with van der Waals surface area (Å²) < 4.78 is 0. The van der Waals surface area contributed by atoms with Crippen molar-refractivity contribution in [2.45, 2.75) is 38.8 Å². The third-order valence-corrected chi connectivity index (χ3v) is 3.66. The second kappa shape index (κ2) is 6.06. The number of aromatic nitrogens is 2. The molecule has 0 saturated carbocycles. The van der Waals surface area contributed by atoms with Gasteiger partial charge in [-0.25, -0.2) is 0 Å². The van der Waals surface area contributed by atoms with Crippen molar-refractivity contribution in [3.05, 3.63) is 6.07 Å². The molecule has 6 nitrogen and oxygen atoms in total. The zero-order chi connectivity index (χ0) is 13.8. The summed E-state index contributed by atoms with van der Waals surface area (Å²) in [4.78, 5) is 10.8. The fourth-order valence-corrected chi connectivity index (χ4v) is 2.25. The minimum atomic E-state index is 0.330. The molecule has 0 unspecified atom stereocenters. The molecule has 0 spiro atoms. The zero-order valence-electron chi connectivity index (χ0n) is 12.0. The van der Waals surface area contributed by atoms with Crippen molar-refractivity contribution in [1.29, 1.82) is 0 Å². The average Bonchev–Trinajstić information content (AvgIpc) is 2.86. The topological polar surface area (TPSA) is 79.1 Å². The van der Waals surface area contributed by atoms with E-state index in [1.807, 2.05) is 13.1 Å². The Labute approximate surface area is 114 Å². The van der Waals surface area contributed by atoms with Gasteiger partial charge in [-0.15, -0.1) is 0 Å². The molecule has 1 aromatic heterocycles. The molecule has 106 valence electrons. The van der Waals surface area contributed by atoms with Gasteiger partial charge in [-0.3, -0.25) is 0 Å². The average molecular weight is 264 g/mol. The van der Waals surface area contributed by atoms with E-state index in [1.54, 1.807) is 0 Å². The van der Waals surface area contributed by atoms with E-state index >= 15 is 0 Å². The number of nitrogen functional groups attached to an aromatic ring is 1. The Morgan fingerprint density at radius 1 is 1.53 bits per heavy atom. The van der Waals surface area contributed by atoms with Crippen LogP contribution < -0.4 is 21.3 Å². The first kappa shape index (κ1) is 13.9. The van der Waals surface area contributed by atoms with E-state index < -0.39 is 0 Å². The lowest BCUT2D eigenvalue weighted by atomic mass is 10.2. The lowest BCUT2D eigenvalue weighted by Crippen LogP contribution is -2.30. The minimum absolute atomic E-state index is 0.330. The number of nitrogens with one attached hydrogen (secondary N) is 2. The maximum absolute atomic E-state index is 5.81. The van der Waals surface area contributed by atoms with E-state index in [1.165, 1.54) is 0 Å². The standard InChI is InChI=1S/C13H24N6/c1-4-9(2)16-11-7-12(18-13(14)17-11)19-6-5-10(8-19)15-3/h7,9-10,15H,4-6,8H2,1-3H3,(H3,14,16,17,18)/t9-,10-/m1/s1. The molecule has 1 aliphatic heterocycles. The Kier molecular flexibility index (Phi) is 4.42. The molecule has 2 rings (SSSR count). The Hall–Kier alpha value is -1.56. The maximum atomic E-state index is 5.81. The summed E-state index contributed by atoms with van der Waals surface area (Å²) in [7, 11) is 2.00. The highest BCUT2D eigenvalue weighted by atomic mass is 15.3. The summed E-state index contributed by atoms with van der Waals surface area (Å²) in [6.07, 6.45) is 2.18. The van der Waals surface area contributed by atoms with Gasteiger partial charge in [0.1, 0.15) is 11.6 Å². The van der Waals surface area contributed by atoms with Gasteiger partial charge >= 0.3 is 0 Å². The van der Waals surface area contributed by atoms with Gasteiger partial charge in [0.25, 0.3) is 0 Å². The highest BCUT2D eigenvalue weighted by Gasteiger charge is 2.22. The fourth-order valence-electron chi connectivity index (χ4n) is 2.25. The summed E-state index contributed by atoms with van der Waals surface area (Å²) in [5.41, 5.74) is 5.81. The van der Waals surface area contributed by atoms with E-state index in [0.29, 0.717) is 18.0 Å². The van der Waals surface area contributed by atoms with Crippen molar-refractivity contribution >= 4 is 17.6 Å². The van der Waals surface area contributed by atoms with E-state index in [9.17, 15) is 0 Å². The maximum Gasteiger partial charge on any atom is 0.223 e. The second-order valence-electron chi connectivity index (χ2n) is 5.14. The number of rotatable bonds is 5. The third kappa shape index (κ3) is 3.47. The molecule has 2 heterocycles. The van der Waals surface area contributed by atoms with Crippen LogP contribution in [0.3, 0.4) is 0 Å². The third-order valence-electron chi connectivity index (χ3n) is 3.66. The van der Waals surface area contributed by atoms with Crippen LogP contribution in [-0.4, -0.2) is 42.2 Å². The molecule has 4 N–H and O–H groups in total. The molecule has 0 radical (unpaired) electrons. The highest BCUT2D eigenvalue weighted by Crippen LogP contribution is 2.22. The van der Waals surface area contributed by atoms with Crippen molar-refractivity contribution in [3.63, 3.8) is 0 Å². The molecule has 0 aliphatic carbocycles. The predicted molar refractivity (Wildman–Crippen MR) is 79.5 cm³/mol.